The van der Waals surface area contributed by atoms with E-state index in [1.54, 1.807) is 24.3 Å². The fourth-order valence-corrected chi connectivity index (χ4v) is 1.60. The minimum absolute atomic E-state index is 0.0458. The van der Waals surface area contributed by atoms with E-state index in [1.807, 2.05) is 6.07 Å². The van der Waals surface area contributed by atoms with Gasteiger partial charge in [0.2, 0.25) is 0 Å². The van der Waals surface area contributed by atoms with Gasteiger partial charge in [0.15, 0.2) is 0 Å². The predicted molar refractivity (Wildman–Crippen MR) is 65.8 cm³/mol. The smallest absolute Gasteiger partial charge is 0.141 e. The van der Waals surface area contributed by atoms with Crippen molar-refractivity contribution >= 4 is 23.0 Å². The third kappa shape index (κ3) is 2.55. The molecule has 2 nitrogen and oxygen atoms in total. The standard InChI is InChI=1S/C13H8ClFN2/c14-11-7-10(5-6-12(11)15)17-13-4-2-1-3-9(13)8-16/h1-7,17H. The van der Waals surface area contributed by atoms with Crippen LogP contribution in [0.2, 0.25) is 5.02 Å². The minimum atomic E-state index is -0.467. The van der Waals surface area contributed by atoms with Crippen LogP contribution in [0.3, 0.4) is 0 Å². The molecule has 0 spiro atoms. The van der Waals surface area contributed by atoms with E-state index < -0.39 is 5.82 Å². The fraction of sp³-hybridized carbons (Fsp3) is 0. The number of nitrogens with one attached hydrogen (secondary N) is 1. The van der Waals surface area contributed by atoms with Gasteiger partial charge in [-0.15, -0.1) is 0 Å². The Bertz CT molecular complexity index is 590. The molecule has 0 aliphatic rings. The molecule has 0 radical (unpaired) electrons. The van der Waals surface area contributed by atoms with Crippen molar-refractivity contribution in [2.75, 3.05) is 5.32 Å². The summed E-state index contributed by atoms with van der Waals surface area (Å²) in [5.74, 6) is -0.467. The Hall–Kier alpha value is -2.05. The van der Waals surface area contributed by atoms with Crippen molar-refractivity contribution in [1.82, 2.24) is 0 Å². The number of nitrogens with zero attached hydrogens (tertiary/aromatic N) is 1. The van der Waals surface area contributed by atoms with E-state index in [2.05, 4.69) is 11.4 Å². The molecule has 0 fully saturated rings. The van der Waals surface area contributed by atoms with Gasteiger partial charge in [0.05, 0.1) is 16.3 Å². The molecular weight excluding hydrogens is 239 g/mol. The van der Waals surface area contributed by atoms with Crippen molar-refractivity contribution in [3.63, 3.8) is 0 Å². The number of nitriles is 1. The Morgan fingerprint density at radius 2 is 1.94 bits per heavy atom. The lowest BCUT2D eigenvalue weighted by Gasteiger charge is -2.08. The summed E-state index contributed by atoms with van der Waals surface area (Å²) in [5.41, 5.74) is 1.82. The van der Waals surface area contributed by atoms with Crippen molar-refractivity contribution in [2.45, 2.75) is 0 Å². The van der Waals surface area contributed by atoms with Gasteiger partial charge in [-0.2, -0.15) is 5.26 Å². The van der Waals surface area contributed by atoms with Gasteiger partial charge < -0.3 is 5.32 Å². The summed E-state index contributed by atoms with van der Waals surface area (Å²) in [6.07, 6.45) is 0. The molecule has 2 rings (SSSR count). The van der Waals surface area contributed by atoms with Crippen LogP contribution in [-0.4, -0.2) is 0 Å². The van der Waals surface area contributed by atoms with Gasteiger partial charge in [0.1, 0.15) is 11.9 Å². The highest BCUT2D eigenvalue weighted by Crippen LogP contribution is 2.24. The number of hydrogen-bond acceptors (Lipinski definition) is 2. The molecule has 0 heterocycles. The summed E-state index contributed by atoms with van der Waals surface area (Å²) in [4.78, 5) is 0. The average molecular weight is 247 g/mol. The topological polar surface area (TPSA) is 35.8 Å². The van der Waals surface area contributed by atoms with Gasteiger partial charge in [-0.1, -0.05) is 23.7 Å². The van der Waals surface area contributed by atoms with Crippen LogP contribution in [0.25, 0.3) is 0 Å². The Kier molecular flexibility index (Phi) is 3.27. The van der Waals surface area contributed by atoms with Crippen LogP contribution in [0.4, 0.5) is 15.8 Å². The molecule has 0 aromatic heterocycles. The molecule has 0 saturated heterocycles. The van der Waals surface area contributed by atoms with Crippen molar-refractivity contribution in [3.8, 4) is 6.07 Å². The number of benzene rings is 2. The van der Waals surface area contributed by atoms with Crippen LogP contribution in [0.1, 0.15) is 5.56 Å². The zero-order chi connectivity index (χ0) is 12.3. The highest BCUT2D eigenvalue weighted by Gasteiger charge is 2.03. The van der Waals surface area contributed by atoms with Gasteiger partial charge in [0.25, 0.3) is 0 Å². The first-order valence-electron chi connectivity index (χ1n) is 4.92. The number of anilines is 2. The number of halogens is 2. The zero-order valence-electron chi connectivity index (χ0n) is 8.74. The van der Waals surface area contributed by atoms with Crippen LogP contribution in [-0.2, 0) is 0 Å². The summed E-state index contributed by atoms with van der Waals surface area (Å²) < 4.78 is 13.0. The maximum Gasteiger partial charge on any atom is 0.141 e. The third-order valence-corrected chi connectivity index (χ3v) is 2.54. The first-order valence-corrected chi connectivity index (χ1v) is 5.29. The summed E-state index contributed by atoms with van der Waals surface area (Å²) in [7, 11) is 0. The first kappa shape index (κ1) is 11.4. The fourth-order valence-electron chi connectivity index (χ4n) is 1.42. The van der Waals surface area contributed by atoms with E-state index in [0.29, 0.717) is 16.9 Å². The van der Waals surface area contributed by atoms with Gasteiger partial charge >= 0.3 is 0 Å². The molecule has 0 atom stereocenters. The average Bonchev–Trinajstić information content (AvgIpc) is 2.34. The van der Waals surface area contributed by atoms with Gasteiger partial charge in [-0.25, -0.2) is 4.39 Å². The molecule has 0 amide bonds. The second kappa shape index (κ2) is 4.86. The molecule has 4 heteroatoms. The van der Waals surface area contributed by atoms with Crippen molar-refractivity contribution in [2.24, 2.45) is 0 Å². The second-order valence-electron chi connectivity index (χ2n) is 3.41. The van der Waals surface area contributed by atoms with E-state index in [0.717, 1.165) is 0 Å². The molecule has 17 heavy (non-hydrogen) atoms. The molecule has 0 aliphatic carbocycles. The number of rotatable bonds is 2. The zero-order valence-corrected chi connectivity index (χ0v) is 9.50. The highest BCUT2D eigenvalue weighted by atomic mass is 35.5. The molecule has 1 N–H and O–H groups in total. The minimum Gasteiger partial charge on any atom is -0.354 e. The van der Waals surface area contributed by atoms with E-state index in [9.17, 15) is 4.39 Å². The Morgan fingerprint density at radius 3 is 2.65 bits per heavy atom. The van der Waals surface area contributed by atoms with E-state index in [-0.39, 0.29) is 5.02 Å². The van der Waals surface area contributed by atoms with Gasteiger partial charge in [-0.05, 0) is 30.3 Å². The molecule has 0 unspecified atom stereocenters. The normalized spacial score (nSPS) is 9.71. The van der Waals surface area contributed by atoms with E-state index >= 15 is 0 Å². The lowest BCUT2D eigenvalue weighted by atomic mass is 10.2. The second-order valence-corrected chi connectivity index (χ2v) is 3.82. The van der Waals surface area contributed by atoms with Gasteiger partial charge in [0, 0.05) is 5.69 Å². The molecule has 0 aliphatic heterocycles. The van der Waals surface area contributed by atoms with Crippen molar-refractivity contribution in [3.05, 3.63) is 58.9 Å². The summed E-state index contributed by atoms with van der Waals surface area (Å²) in [6, 6.07) is 13.5. The monoisotopic (exact) mass is 246 g/mol. The predicted octanol–water partition coefficient (Wildman–Crippen LogP) is 4.09. The van der Waals surface area contributed by atoms with Crippen LogP contribution in [0, 0.1) is 17.1 Å². The maximum absolute atomic E-state index is 13.0. The lowest BCUT2D eigenvalue weighted by Crippen LogP contribution is -1.93. The number of hydrogen-bond donors (Lipinski definition) is 1. The van der Waals surface area contributed by atoms with E-state index in [1.165, 1.54) is 12.1 Å². The molecule has 0 bridgehead atoms. The largest absolute Gasteiger partial charge is 0.354 e. The summed E-state index contributed by atoms with van der Waals surface area (Å²) in [5, 5.41) is 12.0. The van der Waals surface area contributed by atoms with E-state index in [4.69, 9.17) is 16.9 Å². The van der Waals surface area contributed by atoms with Crippen LogP contribution in [0.5, 0.6) is 0 Å². The van der Waals surface area contributed by atoms with Crippen LogP contribution >= 0.6 is 11.6 Å². The SMILES string of the molecule is N#Cc1ccccc1Nc1ccc(F)c(Cl)c1. The third-order valence-electron chi connectivity index (χ3n) is 2.25. The number of para-hydroxylation sites is 1. The van der Waals surface area contributed by atoms with Gasteiger partial charge in [-0.3, -0.25) is 0 Å². The van der Waals surface area contributed by atoms with Crippen LogP contribution < -0.4 is 5.32 Å². The Labute approximate surface area is 103 Å². The van der Waals surface area contributed by atoms with Crippen LogP contribution in [0.15, 0.2) is 42.5 Å². The van der Waals surface area contributed by atoms with Crippen molar-refractivity contribution in [1.29, 1.82) is 5.26 Å². The highest BCUT2D eigenvalue weighted by molar-refractivity contribution is 6.31. The summed E-state index contributed by atoms with van der Waals surface area (Å²) >= 11 is 5.67. The Balaban J connectivity index is 2.32. The summed E-state index contributed by atoms with van der Waals surface area (Å²) in [6.45, 7) is 0. The lowest BCUT2D eigenvalue weighted by molar-refractivity contribution is 0.628. The molecule has 0 saturated carbocycles. The molecule has 2 aromatic rings. The maximum atomic E-state index is 13.0. The molecule has 84 valence electrons. The molecular formula is C13H8ClFN2. The first-order chi connectivity index (χ1) is 8.20. The Morgan fingerprint density at radius 1 is 1.18 bits per heavy atom. The quantitative estimate of drug-likeness (QED) is 0.866. The molecule has 2 aromatic carbocycles. The van der Waals surface area contributed by atoms with Crippen molar-refractivity contribution < 1.29 is 4.39 Å².